The summed E-state index contributed by atoms with van der Waals surface area (Å²) in [5, 5.41) is 36.1. The van der Waals surface area contributed by atoms with E-state index < -0.39 is 111 Å². The first-order valence-corrected chi connectivity index (χ1v) is 16.6. The Hall–Kier alpha value is -4.79. The molecule has 6 N–H and O–H groups in total. The zero-order chi connectivity index (χ0) is 38.3. The molecule has 1 aromatic rings. The van der Waals surface area contributed by atoms with Crippen molar-refractivity contribution in [3.8, 4) is 11.5 Å². The van der Waals surface area contributed by atoms with Crippen LogP contribution in [0.15, 0.2) is 47.5 Å². The lowest BCUT2D eigenvalue weighted by molar-refractivity contribution is -0.160. The van der Waals surface area contributed by atoms with E-state index in [2.05, 4.69) is 5.32 Å². The normalized spacial score (nSPS) is 34.2. The van der Waals surface area contributed by atoms with Gasteiger partial charge in [-0.05, 0) is 19.9 Å². The molecule has 1 aliphatic carbocycles. The molecule has 14 nitrogen and oxygen atoms in total. The lowest BCUT2D eigenvalue weighted by Crippen LogP contribution is -2.46. The van der Waals surface area contributed by atoms with Crippen LogP contribution >= 0.6 is 0 Å². The highest BCUT2D eigenvalue weighted by Gasteiger charge is 2.52. The molecule has 0 fully saturated rings. The van der Waals surface area contributed by atoms with Crippen molar-refractivity contribution in [1.82, 2.24) is 5.32 Å². The number of hydrogen-bond donors (Lipinski definition) is 5. The van der Waals surface area contributed by atoms with Crippen molar-refractivity contribution in [2.75, 3.05) is 7.11 Å². The number of Topliss-reactive ketones (excluding diaryl/α,β-unsaturated/α-hetero) is 3. The van der Waals surface area contributed by atoms with E-state index in [1.165, 1.54) is 53.0 Å². The number of hydrogen-bond acceptors (Lipinski definition) is 13. The molecule has 3 heterocycles. The number of esters is 1. The first kappa shape index (κ1) is 39.0. The van der Waals surface area contributed by atoms with Gasteiger partial charge in [-0.3, -0.25) is 24.0 Å². The van der Waals surface area contributed by atoms with Gasteiger partial charge in [0.05, 0.1) is 41.3 Å². The number of fused-ring (bicyclic) bond motifs is 14. The van der Waals surface area contributed by atoms with Gasteiger partial charge in [-0.15, -0.1) is 0 Å². The molecule has 14 heteroatoms. The third-order valence-corrected chi connectivity index (χ3v) is 9.99. The van der Waals surface area contributed by atoms with E-state index in [-0.39, 0.29) is 22.4 Å². The van der Waals surface area contributed by atoms with E-state index in [1.807, 2.05) is 0 Å². The third-order valence-electron chi connectivity index (χ3n) is 9.99. The maximum atomic E-state index is 13.9. The summed E-state index contributed by atoms with van der Waals surface area (Å²) in [5.41, 5.74) is 3.62. The molecule has 0 saturated heterocycles. The van der Waals surface area contributed by atoms with Gasteiger partial charge in [-0.25, -0.2) is 0 Å². The SMILES string of the molecule is CO[C@H]1/C=C\O[C@@]2(C)Oc3c(C)c(O)c4c(c3C2=O)C(=O)C(N)=C(NC(=O)/C(C)=C\C=C/[C@H](C)[C@H](O)[C@@H](C)[C@H](O)[C@H](C)[C@H](OC(C)=O)[C@@H]1C)C4=O. The third kappa shape index (κ3) is 7.08. The number of phenolic OH excluding ortho intramolecular Hbond substituents is 1. The molecule has 0 saturated carbocycles. The van der Waals surface area contributed by atoms with Crippen LogP contribution in [0.1, 0.15) is 85.1 Å². The molecule has 0 unspecified atom stereocenters. The number of aliphatic hydroxyl groups excluding tert-OH is 2. The van der Waals surface area contributed by atoms with Gasteiger partial charge in [0, 0.05) is 55.8 Å². The molecule has 5 bridgehead atoms. The first-order valence-electron chi connectivity index (χ1n) is 16.6. The van der Waals surface area contributed by atoms with Gasteiger partial charge in [0.15, 0.2) is 0 Å². The Morgan fingerprint density at radius 3 is 2.20 bits per heavy atom. The standard InChI is InChI=1S/C37H46N2O12/c1-15-11-10-12-16(2)36(47)39-27-26(38)31(44)23-24(32(27)45)30(43)20(6)34-25(23)35(46)37(8,51-34)49-14-13-22(48-9)17(3)33(50-21(7)40)19(5)29(42)18(4)28(15)41/h10-15,17-19,22,28-29,33,41-43H,38H2,1-9H3,(H,39,47)/b11-10-,14-13-,16-12-/t15-,17+,18+,19-,22-,28-,29-,33+,37-/m0/s1. The van der Waals surface area contributed by atoms with Gasteiger partial charge in [-0.2, -0.15) is 0 Å². The molecule has 1 aromatic carbocycles. The second kappa shape index (κ2) is 14.8. The first-order chi connectivity index (χ1) is 23.8. The molecule has 1 amide bonds. The lowest BCUT2D eigenvalue weighted by atomic mass is 9.78. The number of nitrogens with two attached hydrogens (primary N) is 1. The van der Waals surface area contributed by atoms with E-state index in [9.17, 15) is 39.3 Å². The van der Waals surface area contributed by atoms with Gasteiger partial charge < -0.3 is 45.3 Å². The van der Waals surface area contributed by atoms with Crippen LogP contribution in [-0.2, 0) is 23.8 Å². The van der Waals surface area contributed by atoms with Crippen LogP contribution in [0.5, 0.6) is 11.5 Å². The highest BCUT2D eigenvalue weighted by molar-refractivity contribution is 6.32. The summed E-state index contributed by atoms with van der Waals surface area (Å²) in [7, 11) is 1.41. The zero-order valence-corrected chi connectivity index (χ0v) is 30.1. The Labute approximate surface area is 296 Å². The smallest absolute Gasteiger partial charge is 0.312 e. The largest absolute Gasteiger partial charge is 0.507 e. The van der Waals surface area contributed by atoms with Crippen molar-refractivity contribution in [1.29, 1.82) is 0 Å². The number of benzene rings is 1. The highest BCUT2D eigenvalue weighted by atomic mass is 16.7. The van der Waals surface area contributed by atoms with E-state index in [4.69, 9.17) is 24.7 Å². The van der Waals surface area contributed by atoms with Gasteiger partial charge in [0.1, 0.15) is 29.0 Å². The van der Waals surface area contributed by atoms with Gasteiger partial charge in [0.25, 0.3) is 11.7 Å². The second-order valence-electron chi connectivity index (χ2n) is 13.6. The summed E-state index contributed by atoms with van der Waals surface area (Å²) in [6.45, 7) is 12.2. The predicted octanol–water partition coefficient (Wildman–Crippen LogP) is 2.92. The number of carbonyl (C=O) groups is 5. The number of ketones is 3. The van der Waals surface area contributed by atoms with Crippen LogP contribution in [0.2, 0.25) is 0 Å². The Bertz CT molecular complexity index is 1770. The van der Waals surface area contributed by atoms with Crippen LogP contribution in [0.3, 0.4) is 0 Å². The number of methoxy groups -OCH3 is 1. The van der Waals surface area contributed by atoms with E-state index in [0.29, 0.717) is 0 Å². The van der Waals surface area contributed by atoms with Crippen molar-refractivity contribution in [2.24, 2.45) is 29.4 Å². The summed E-state index contributed by atoms with van der Waals surface area (Å²) >= 11 is 0. The molecule has 9 atom stereocenters. The fraction of sp³-hybridized carbons (Fsp3) is 0.486. The molecule has 51 heavy (non-hydrogen) atoms. The Balaban J connectivity index is 1.86. The maximum absolute atomic E-state index is 13.9. The van der Waals surface area contributed by atoms with Gasteiger partial charge >= 0.3 is 11.8 Å². The number of aromatic hydroxyl groups is 1. The van der Waals surface area contributed by atoms with Crippen molar-refractivity contribution < 1.29 is 58.2 Å². The molecule has 0 spiro atoms. The van der Waals surface area contributed by atoms with Crippen LogP contribution < -0.4 is 15.8 Å². The van der Waals surface area contributed by atoms with Gasteiger partial charge in [0.2, 0.25) is 11.6 Å². The number of allylic oxidation sites excluding steroid dienone is 4. The average molecular weight is 711 g/mol. The molecule has 5 rings (SSSR count). The summed E-state index contributed by atoms with van der Waals surface area (Å²) in [6.07, 6.45) is 3.25. The van der Waals surface area contributed by atoms with Crippen LogP contribution in [0, 0.1) is 30.6 Å². The van der Waals surface area contributed by atoms with Crippen LogP contribution in [-0.4, -0.2) is 81.9 Å². The number of phenols is 1. The summed E-state index contributed by atoms with van der Waals surface area (Å²) in [5.74, 6) is -9.62. The molecular weight excluding hydrogens is 664 g/mol. The number of aliphatic hydroxyl groups is 2. The number of carbonyl (C=O) groups excluding carboxylic acids is 5. The lowest BCUT2D eigenvalue weighted by Gasteiger charge is -2.38. The molecule has 3 aliphatic heterocycles. The molecule has 4 aliphatic rings. The average Bonchev–Trinajstić information content (AvgIpc) is 3.35. The summed E-state index contributed by atoms with van der Waals surface area (Å²) in [4.78, 5) is 66.8. The highest BCUT2D eigenvalue weighted by Crippen LogP contribution is 2.48. The summed E-state index contributed by atoms with van der Waals surface area (Å²) in [6, 6.07) is 0. The van der Waals surface area contributed by atoms with Crippen LogP contribution in [0.25, 0.3) is 0 Å². The Morgan fingerprint density at radius 1 is 0.941 bits per heavy atom. The minimum Gasteiger partial charge on any atom is -0.507 e. The molecule has 276 valence electrons. The molecule has 0 aromatic heterocycles. The molecular formula is C37H46N2O12. The number of amides is 1. The molecule has 0 radical (unpaired) electrons. The summed E-state index contributed by atoms with van der Waals surface area (Å²) < 4.78 is 23.1. The fourth-order valence-corrected chi connectivity index (χ4v) is 6.72. The zero-order valence-electron chi connectivity index (χ0n) is 30.1. The van der Waals surface area contributed by atoms with E-state index in [0.717, 1.165) is 6.26 Å². The van der Waals surface area contributed by atoms with E-state index >= 15 is 0 Å². The maximum Gasteiger partial charge on any atom is 0.312 e. The second-order valence-corrected chi connectivity index (χ2v) is 13.6. The Morgan fingerprint density at radius 2 is 1.59 bits per heavy atom. The topological polar surface area (TPSA) is 221 Å². The minimum absolute atomic E-state index is 0.0295. The Kier molecular flexibility index (Phi) is 11.3. The van der Waals surface area contributed by atoms with Crippen LogP contribution in [0.4, 0.5) is 0 Å². The number of nitrogens with one attached hydrogen (secondary N) is 1. The van der Waals surface area contributed by atoms with Crippen molar-refractivity contribution in [2.45, 2.75) is 85.6 Å². The number of rotatable bonds is 2. The minimum atomic E-state index is -2.08. The quantitative estimate of drug-likeness (QED) is 0.279. The fourth-order valence-electron chi connectivity index (χ4n) is 6.72. The van der Waals surface area contributed by atoms with Crippen molar-refractivity contribution in [3.63, 3.8) is 0 Å². The van der Waals surface area contributed by atoms with Crippen molar-refractivity contribution >= 4 is 29.2 Å². The van der Waals surface area contributed by atoms with Gasteiger partial charge in [-0.1, -0.05) is 45.9 Å². The predicted molar refractivity (Wildman–Crippen MR) is 182 cm³/mol. The van der Waals surface area contributed by atoms with Crippen molar-refractivity contribution in [3.05, 3.63) is 69.8 Å². The number of ether oxygens (including phenoxy) is 4. The van der Waals surface area contributed by atoms with E-state index in [1.54, 1.807) is 33.8 Å². The monoisotopic (exact) mass is 710 g/mol.